The Morgan fingerprint density at radius 2 is 1.70 bits per heavy atom. The molecular weight excluding hydrogens is 266 g/mol. The second-order valence-corrected chi connectivity index (χ2v) is 4.29. The molecule has 1 aliphatic heterocycles. The molecule has 0 aromatic heterocycles. The van der Waals surface area contributed by atoms with Gasteiger partial charge in [0, 0.05) is 11.9 Å². The van der Waals surface area contributed by atoms with Crippen LogP contribution in [0, 0.1) is 0 Å². The summed E-state index contributed by atoms with van der Waals surface area (Å²) in [6, 6.07) is 0. The fourth-order valence-electron chi connectivity index (χ4n) is 1.65. The Morgan fingerprint density at radius 1 is 1.15 bits per heavy atom. The fourth-order valence-corrected chi connectivity index (χ4v) is 1.65. The van der Waals surface area contributed by atoms with Crippen LogP contribution >= 0.6 is 0 Å². The molecule has 8 N–H and O–H groups in total. The number of aliphatic hydroxyl groups excluding tert-OH is 4. The molecule has 0 aromatic carbocycles. The molecule has 120 valence electrons. The largest absolute Gasteiger partial charge is 0.401 e. The van der Waals surface area contributed by atoms with Crippen LogP contribution in [0.1, 0.15) is 27.2 Å². The highest BCUT2D eigenvalue weighted by Crippen LogP contribution is 2.20. The Bertz CT molecular complexity index is 303. The third-order valence-corrected chi connectivity index (χ3v) is 2.82. The van der Waals surface area contributed by atoms with Gasteiger partial charge in [0.25, 0.3) is 0 Å². The van der Waals surface area contributed by atoms with Crippen LogP contribution in [0.25, 0.3) is 0 Å². The number of aliphatic hydroxyl groups is 4. The molecule has 0 bridgehead atoms. The Hall–Kier alpha value is -0.900. The van der Waals surface area contributed by atoms with Crippen LogP contribution in [0.5, 0.6) is 0 Å². The molecular formula is C12H27N3O5. The number of nitrogens with two attached hydrogens (primary N) is 2. The summed E-state index contributed by atoms with van der Waals surface area (Å²) in [4.78, 5) is 0. The van der Waals surface area contributed by atoms with Crippen molar-refractivity contribution < 1.29 is 25.2 Å². The third kappa shape index (κ3) is 5.23. The maximum absolute atomic E-state index is 9.69. The van der Waals surface area contributed by atoms with Crippen LogP contribution < -0.4 is 11.6 Å². The van der Waals surface area contributed by atoms with Gasteiger partial charge in [0.2, 0.25) is 0 Å². The van der Waals surface area contributed by atoms with E-state index in [0.29, 0.717) is 12.1 Å². The van der Waals surface area contributed by atoms with Crippen LogP contribution in [0.15, 0.2) is 11.9 Å². The molecule has 1 heterocycles. The van der Waals surface area contributed by atoms with Gasteiger partial charge in [0.1, 0.15) is 24.4 Å². The summed E-state index contributed by atoms with van der Waals surface area (Å²) in [6.07, 6.45) is -4.77. The summed E-state index contributed by atoms with van der Waals surface area (Å²) in [5.41, 5.74) is 6.13. The highest BCUT2D eigenvalue weighted by Gasteiger charge is 2.43. The van der Waals surface area contributed by atoms with Crippen molar-refractivity contribution in [3.8, 4) is 0 Å². The van der Waals surface area contributed by atoms with E-state index in [0.717, 1.165) is 0 Å². The van der Waals surface area contributed by atoms with Gasteiger partial charge in [-0.05, 0) is 6.42 Å². The van der Waals surface area contributed by atoms with Crippen LogP contribution in [-0.4, -0.2) is 62.7 Å². The van der Waals surface area contributed by atoms with Crippen molar-refractivity contribution in [2.24, 2.45) is 11.6 Å². The number of hydrogen-bond donors (Lipinski definition) is 6. The smallest absolute Gasteiger partial charge is 0.184 e. The van der Waals surface area contributed by atoms with Crippen LogP contribution in [0.3, 0.4) is 0 Å². The van der Waals surface area contributed by atoms with Gasteiger partial charge < -0.3 is 35.9 Å². The van der Waals surface area contributed by atoms with E-state index < -0.39 is 30.7 Å². The average molecular weight is 293 g/mol. The molecule has 0 spiro atoms. The highest BCUT2D eigenvalue weighted by molar-refractivity contribution is 4.96. The van der Waals surface area contributed by atoms with E-state index in [4.69, 9.17) is 16.3 Å². The lowest BCUT2D eigenvalue weighted by Gasteiger charge is -2.39. The zero-order valence-corrected chi connectivity index (χ0v) is 12.2. The Morgan fingerprint density at radius 3 is 2.20 bits per heavy atom. The van der Waals surface area contributed by atoms with E-state index in [9.17, 15) is 20.4 Å². The SMILES string of the molecule is CC.CC/C(N)=C/N(N)CC1OC(O)C(O)C(O)C1O. The maximum Gasteiger partial charge on any atom is 0.184 e. The molecule has 1 rings (SSSR count). The van der Waals surface area contributed by atoms with Crippen molar-refractivity contribution in [1.82, 2.24) is 5.01 Å². The summed E-state index contributed by atoms with van der Waals surface area (Å²) < 4.78 is 4.97. The van der Waals surface area contributed by atoms with Gasteiger partial charge in [-0.1, -0.05) is 20.8 Å². The molecule has 8 nitrogen and oxygen atoms in total. The van der Waals surface area contributed by atoms with Crippen molar-refractivity contribution in [3.63, 3.8) is 0 Å². The van der Waals surface area contributed by atoms with Gasteiger partial charge >= 0.3 is 0 Å². The minimum absolute atomic E-state index is 0.0166. The monoisotopic (exact) mass is 293 g/mol. The molecule has 0 aromatic rings. The normalized spacial score (nSPS) is 34.2. The molecule has 1 aliphatic rings. The summed E-state index contributed by atoms with van der Waals surface area (Å²) in [6.45, 7) is 5.87. The molecule has 8 heteroatoms. The zero-order chi connectivity index (χ0) is 15.9. The third-order valence-electron chi connectivity index (χ3n) is 2.82. The molecule has 0 amide bonds. The van der Waals surface area contributed by atoms with E-state index in [1.807, 2.05) is 20.8 Å². The number of nitrogens with zero attached hydrogens (tertiary/aromatic N) is 1. The Balaban J connectivity index is 0.00000172. The summed E-state index contributed by atoms with van der Waals surface area (Å²) in [5, 5.41) is 39.0. The first-order valence-electron chi connectivity index (χ1n) is 6.72. The molecule has 0 saturated carbocycles. The minimum atomic E-state index is -1.56. The first kappa shape index (κ1) is 19.1. The van der Waals surface area contributed by atoms with Gasteiger partial charge in [-0.3, -0.25) is 0 Å². The lowest BCUT2D eigenvalue weighted by atomic mass is 9.99. The average Bonchev–Trinajstić information content (AvgIpc) is 2.44. The van der Waals surface area contributed by atoms with E-state index in [1.165, 1.54) is 11.2 Å². The number of hydrogen-bond acceptors (Lipinski definition) is 8. The minimum Gasteiger partial charge on any atom is -0.401 e. The Kier molecular flexibility index (Phi) is 8.70. The zero-order valence-electron chi connectivity index (χ0n) is 12.2. The maximum atomic E-state index is 9.69. The number of rotatable bonds is 4. The van der Waals surface area contributed by atoms with Crippen LogP contribution in [0.2, 0.25) is 0 Å². The topological polar surface area (TPSA) is 145 Å². The Labute approximate surface area is 119 Å². The number of allylic oxidation sites excluding steroid dienone is 1. The lowest BCUT2D eigenvalue weighted by Crippen LogP contribution is -2.60. The second-order valence-electron chi connectivity index (χ2n) is 4.29. The van der Waals surface area contributed by atoms with Crippen LogP contribution in [0.4, 0.5) is 0 Å². The van der Waals surface area contributed by atoms with Gasteiger partial charge in [-0.15, -0.1) is 0 Å². The van der Waals surface area contributed by atoms with Gasteiger partial charge in [0.05, 0.1) is 6.54 Å². The fraction of sp³-hybridized carbons (Fsp3) is 0.833. The first-order chi connectivity index (χ1) is 9.36. The molecule has 5 unspecified atom stereocenters. The van der Waals surface area contributed by atoms with Crippen molar-refractivity contribution in [3.05, 3.63) is 11.9 Å². The molecule has 1 fully saturated rings. The molecule has 5 atom stereocenters. The first-order valence-corrected chi connectivity index (χ1v) is 6.72. The van der Waals surface area contributed by atoms with Gasteiger partial charge in [-0.2, -0.15) is 0 Å². The molecule has 0 aliphatic carbocycles. The van der Waals surface area contributed by atoms with Crippen LogP contribution in [-0.2, 0) is 4.74 Å². The van der Waals surface area contributed by atoms with Crippen molar-refractivity contribution in [1.29, 1.82) is 0 Å². The number of hydrazine groups is 1. The van der Waals surface area contributed by atoms with E-state index in [2.05, 4.69) is 0 Å². The van der Waals surface area contributed by atoms with E-state index >= 15 is 0 Å². The van der Waals surface area contributed by atoms with E-state index in [-0.39, 0.29) is 6.54 Å². The van der Waals surface area contributed by atoms with Gasteiger partial charge in [-0.25, -0.2) is 5.84 Å². The highest BCUT2D eigenvalue weighted by atomic mass is 16.6. The second kappa shape index (κ2) is 9.11. The quantitative estimate of drug-likeness (QED) is 0.263. The summed E-state index contributed by atoms with van der Waals surface area (Å²) in [5.74, 6) is 5.63. The summed E-state index contributed by atoms with van der Waals surface area (Å²) in [7, 11) is 0. The predicted molar refractivity (Wildman–Crippen MR) is 73.7 cm³/mol. The lowest BCUT2D eigenvalue weighted by molar-refractivity contribution is -0.283. The molecule has 20 heavy (non-hydrogen) atoms. The standard InChI is InChI=1S/C10H21N3O5.C2H6/c1-2-5(11)3-13(12)4-6-7(14)8(15)9(16)10(17)18-6;1-2/h3,6-10,14-17H,2,4,11-12H2,1H3;1-2H3/b5-3-;. The van der Waals surface area contributed by atoms with E-state index in [1.54, 1.807) is 0 Å². The van der Waals surface area contributed by atoms with Crippen molar-refractivity contribution in [2.75, 3.05) is 6.54 Å². The molecule has 0 radical (unpaired) electrons. The predicted octanol–water partition coefficient (Wildman–Crippen LogP) is -1.80. The van der Waals surface area contributed by atoms with Crippen molar-refractivity contribution in [2.45, 2.75) is 57.9 Å². The molecule has 1 saturated heterocycles. The van der Waals surface area contributed by atoms with Gasteiger partial charge in [0.15, 0.2) is 6.29 Å². The number of ether oxygens (including phenoxy) is 1. The van der Waals surface area contributed by atoms with Crippen molar-refractivity contribution >= 4 is 0 Å². The summed E-state index contributed by atoms with van der Waals surface area (Å²) >= 11 is 0.